The largest absolute Gasteiger partial charge is 0.325 e. The number of halogens is 1. The van der Waals surface area contributed by atoms with Gasteiger partial charge in [-0.3, -0.25) is 9.36 Å². The molecular weight excluding hydrogens is 441 g/mol. The van der Waals surface area contributed by atoms with E-state index in [1.54, 1.807) is 24.4 Å². The number of imidazole rings is 1. The maximum atomic E-state index is 13.5. The van der Waals surface area contributed by atoms with Gasteiger partial charge in [0.2, 0.25) is 20.9 Å². The van der Waals surface area contributed by atoms with Crippen molar-refractivity contribution in [3.05, 3.63) is 95.9 Å². The molecule has 0 saturated heterocycles. The molecule has 0 aliphatic heterocycles. The molecule has 0 aliphatic rings. The Morgan fingerprint density at radius 1 is 0.970 bits per heavy atom. The van der Waals surface area contributed by atoms with Gasteiger partial charge in [-0.25, -0.2) is 17.8 Å². The summed E-state index contributed by atoms with van der Waals surface area (Å²) in [5, 5.41) is 2.33. The number of benzene rings is 3. The summed E-state index contributed by atoms with van der Waals surface area (Å²) in [7, 11) is -4.13. The fourth-order valence-corrected chi connectivity index (χ4v) is 4.63. The van der Waals surface area contributed by atoms with Crippen molar-refractivity contribution in [2.24, 2.45) is 0 Å². The van der Waals surface area contributed by atoms with Gasteiger partial charge in [-0.15, -0.1) is 0 Å². The Morgan fingerprint density at radius 3 is 2.33 bits per heavy atom. The highest BCUT2D eigenvalue weighted by Gasteiger charge is 2.27. The van der Waals surface area contributed by atoms with Crippen LogP contribution in [0.5, 0.6) is 0 Å². The molecule has 0 saturated carbocycles. The van der Waals surface area contributed by atoms with E-state index in [0.29, 0.717) is 17.1 Å². The third kappa shape index (κ3) is 5.18. The molecule has 1 N–H and O–H groups in total. The van der Waals surface area contributed by atoms with Gasteiger partial charge in [0.25, 0.3) is 0 Å². The first-order valence-corrected chi connectivity index (χ1v) is 11.9. The maximum Gasteiger partial charge on any atom is 0.240 e. The van der Waals surface area contributed by atoms with Crippen molar-refractivity contribution < 1.29 is 17.6 Å². The lowest BCUT2D eigenvalue weighted by Gasteiger charge is -2.09. The molecule has 6 nitrogen and oxygen atoms in total. The van der Waals surface area contributed by atoms with E-state index in [4.69, 9.17) is 0 Å². The standard InChI is InChI=1S/C25H22FN3O3S/c1-17-6-8-19(9-7-17)23-15-29(22-12-10-20(26)11-13-22)25(28-23)33(31,32)16-24(30)27-21-5-3-4-18(2)14-21/h3-15H,16H2,1-2H3,(H,27,30). The summed E-state index contributed by atoms with van der Waals surface area (Å²) in [4.78, 5) is 16.9. The SMILES string of the molecule is Cc1ccc(-c2cn(-c3ccc(F)cc3)c(S(=O)(=O)CC(=O)Nc3cccc(C)c3)n2)cc1. The van der Waals surface area contributed by atoms with Crippen LogP contribution in [0.1, 0.15) is 11.1 Å². The number of hydrogen-bond donors (Lipinski definition) is 1. The summed E-state index contributed by atoms with van der Waals surface area (Å²) in [5.41, 5.74) is 4.07. The average Bonchev–Trinajstić information content (AvgIpc) is 3.21. The maximum absolute atomic E-state index is 13.5. The third-order valence-electron chi connectivity index (χ3n) is 5.03. The molecule has 0 aliphatic carbocycles. The molecular formula is C25H22FN3O3S. The van der Waals surface area contributed by atoms with Crippen molar-refractivity contribution in [3.8, 4) is 16.9 Å². The quantitative estimate of drug-likeness (QED) is 0.449. The molecule has 0 atom stereocenters. The van der Waals surface area contributed by atoms with Crippen LogP contribution in [0.2, 0.25) is 0 Å². The van der Waals surface area contributed by atoms with Gasteiger partial charge in [0.1, 0.15) is 11.6 Å². The van der Waals surface area contributed by atoms with Crippen molar-refractivity contribution in [2.45, 2.75) is 19.0 Å². The number of aromatic nitrogens is 2. The predicted octanol–water partition coefficient (Wildman–Crippen LogP) is 4.71. The monoisotopic (exact) mass is 463 g/mol. The lowest BCUT2D eigenvalue weighted by Crippen LogP contribution is -2.25. The first-order valence-electron chi connectivity index (χ1n) is 10.2. The molecule has 0 radical (unpaired) electrons. The molecule has 8 heteroatoms. The summed E-state index contributed by atoms with van der Waals surface area (Å²) in [5.74, 6) is -1.90. The highest BCUT2D eigenvalue weighted by molar-refractivity contribution is 7.92. The first kappa shape index (κ1) is 22.4. The average molecular weight is 464 g/mol. The van der Waals surface area contributed by atoms with E-state index in [0.717, 1.165) is 16.7 Å². The zero-order chi connectivity index (χ0) is 23.6. The van der Waals surface area contributed by atoms with Crippen LogP contribution in [0.4, 0.5) is 10.1 Å². The number of aryl methyl sites for hydroxylation is 2. The molecule has 1 heterocycles. The minimum absolute atomic E-state index is 0.288. The van der Waals surface area contributed by atoms with Crippen LogP contribution in [0.3, 0.4) is 0 Å². The fraction of sp³-hybridized carbons (Fsp3) is 0.120. The van der Waals surface area contributed by atoms with Gasteiger partial charge in [0, 0.05) is 23.1 Å². The highest BCUT2D eigenvalue weighted by Crippen LogP contribution is 2.25. The molecule has 0 bridgehead atoms. The number of rotatable bonds is 6. The second kappa shape index (κ2) is 8.99. The van der Waals surface area contributed by atoms with Crippen LogP contribution in [-0.2, 0) is 14.6 Å². The van der Waals surface area contributed by atoms with Crippen LogP contribution >= 0.6 is 0 Å². The van der Waals surface area contributed by atoms with Crippen LogP contribution in [0.25, 0.3) is 16.9 Å². The summed E-state index contributed by atoms with van der Waals surface area (Å²) in [6.07, 6.45) is 1.57. The summed E-state index contributed by atoms with van der Waals surface area (Å²) < 4.78 is 41.3. The van der Waals surface area contributed by atoms with Crippen LogP contribution in [-0.4, -0.2) is 29.6 Å². The van der Waals surface area contributed by atoms with Gasteiger partial charge in [-0.05, 0) is 55.8 Å². The van der Waals surface area contributed by atoms with Crippen molar-refractivity contribution in [2.75, 3.05) is 11.1 Å². The Kier molecular flexibility index (Phi) is 6.11. The summed E-state index contributed by atoms with van der Waals surface area (Å²) >= 11 is 0. The Bertz CT molecular complexity index is 1410. The molecule has 168 valence electrons. The van der Waals surface area contributed by atoms with E-state index in [2.05, 4.69) is 10.3 Å². The Morgan fingerprint density at radius 2 is 1.67 bits per heavy atom. The molecule has 1 aromatic heterocycles. The second-order valence-corrected chi connectivity index (χ2v) is 9.68. The molecule has 0 fully saturated rings. The van der Waals surface area contributed by atoms with Crippen LogP contribution in [0.15, 0.2) is 84.1 Å². The van der Waals surface area contributed by atoms with Crippen LogP contribution < -0.4 is 5.32 Å². The molecule has 4 aromatic rings. The predicted molar refractivity (Wildman–Crippen MR) is 126 cm³/mol. The van der Waals surface area contributed by atoms with Gasteiger partial charge >= 0.3 is 0 Å². The van der Waals surface area contributed by atoms with E-state index in [9.17, 15) is 17.6 Å². The number of amides is 1. The normalized spacial score (nSPS) is 11.4. The Balaban J connectivity index is 1.71. The molecule has 0 unspecified atom stereocenters. The van der Waals surface area contributed by atoms with E-state index in [-0.39, 0.29) is 5.16 Å². The number of nitrogens with zero attached hydrogens (tertiary/aromatic N) is 2. The van der Waals surface area contributed by atoms with Crippen molar-refractivity contribution in [3.63, 3.8) is 0 Å². The van der Waals surface area contributed by atoms with E-state index in [1.165, 1.54) is 28.8 Å². The Labute approximate surface area is 191 Å². The fourth-order valence-electron chi connectivity index (χ4n) is 3.39. The number of carbonyl (C=O) groups is 1. The number of nitrogens with one attached hydrogen (secondary N) is 1. The van der Waals surface area contributed by atoms with Gasteiger partial charge in [-0.2, -0.15) is 0 Å². The van der Waals surface area contributed by atoms with Crippen LogP contribution in [0, 0.1) is 19.7 Å². The zero-order valence-electron chi connectivity index (χ0n) is 18.1. The van der Waals surface area contributed by atoms with E-state index < -0.39 is 27.3 Å². The first-order chi connectivity index (χ1) is 15.7. The molecule has 3 aromatic carbocycles. The van der Waals surface area contributed by atoms with Gasteiger partial charge in [0.05, 0.1) is 5.69 Å². The molecule has 4 rings (SSSR count). The molecule has 0 spiro atoms. The lowest BCUT2D eigenvalue weighted by atomic mass is 10.1. The van der Waals surface area contributed by atoms with Crippen molar-refractivity contribution in [1.29, 1.82) is 0 Å². The molecule has 1 amide bonds. The molecule has 33 heavy (non-hydrogen) atoms. The van der Waals surface area contributed by atoms with Crippen molar-refractivity contribution in [1.82, 2.24) is 9.55 Å². The topological polar surface area (TPSA) is 81.1 Å². The highest BCUT2D eigenvalue weighted by atomic mass is 32.2. The van der Waals surface area contributed by atoms with E-state index >= 15 is 0 Å². The number of carbonyl (C=O) groups excluding carboxylic acids is 1. The summed E-state index contributed by atoms with van der Waals surface area (Å²) in [6.45, 7) is 3.82. The zero-order valence-corrected chi connectivity index (χ0v) is 18.9. The minimum atomic E-state index is -4.13. The van der Waals surface area contributed by atoms with Gasteiger partial charge < -0.3 is 5.32 Å². The smallest absolute Gasteiger partial charge is 0.240 e. The van der Waals surface area contributed by atoms with Crippen molar-refractivity contribution >= 4 is 21.4 Å². The van der Waals surface area contributed by atoms with E-state index in [1.807, 2.05) is 44.2 Å². The number of sulfone groups is 1. The Hall–Kier alpha value is -3.78. The van der Waals surface area contributed by atoms with Gasteiger partial charge in [-0.1, -0.05) is 42.0 Å². The van der Waals surface area contributed by atoms with Gasteiger partial charge in [0.15, 0.2) is 0 Å². The number of anilines is 1. The minimum Gasteiger partial charge on any atom is -0.325 e. The number of hydrogen-bond acceptors (Lipinski definition) is 4. The lowest BCUT2D eigenvalue weighted by molar-refractivity contribution is -0.113. The summed E-state index contributed by atoms with van der Waals surface area (Å²) in [6, 6.07) is 20.0. The second-order valence-electron chi connectivity index (χ2n) is 7.80. The third-order valence-corrected chi connectivity index (χ3v) is 6.51.